The first-order valence-electron chi connectivity index (χ1n) is 11.2. The molecule has 0 heterocycles. The molecule has 1 nitrogen and oxygen atoms in total. The maximum absolute atomic E-state index is 14.9. The molecule has 0 atom stereocenters. The third-order valence-corrected chi connectivity index (χ3v) is 6.20. The number of hydrogen-bond acceptors (Lipinski definition) is 1. The molecule has 0 amide bonds. The lowest BCUT2D eigenvalue weighted by Crippen LogP contribution is -2.14. The minimum atomic E-state index is -1.23. The van der Waals surface area contributed by atoms with Crippen molar-refractivity contribution >= 4 is 0 Å². The normalized spacial score (nSPS) is 19.2. The number of ether oxygens (including phenoxy) is 1. The van der Waals surface area contributed by atoms with E-state index in [-0.39, 0.29) is 29.4 Å². The van der Waals surface area contributed by atoms with Gasteiger partial charge in [0.1, 0.15) is 0 Å². The van der Waals surface area contributed by atoms with E-state index < -0.39 is 23.3 Å². The summed E-state index contributed by atoms with van der Waals surface area (Å²) in [5, 5.41) is 0. The molecule has 0 aliphatic heterocycles. The second-order valence-corrected chi connectivity index (χ2v) is 8.29. The van der Waals surface area contributed by atoms with E-state index >= 15 is 0 Å². The van der Waals surface area contributed by atoms with Crippen molar-refractivity contribution in [3.05, 3.63) is 65.2 Å². The standard InChI is InChI=1S/C26H30F4O/c1-3-5-7-17-8-10-18(11-9-17)19-12-13-20(24(28)23(19)27)21-14-15-22(26(30)25(21)29)31-16-6-4-2/h3,5,12-15,17-18H,4,6-11,16H2,1-2H3/b5-3-. The second-order valence-electron chi connectivity index (χ2n) is 8.29. The third kappa shape index (κ3) is 5.31. The molecule has 0 unspecified atom stereocenters. The number of rotatable bonds is 8. The van der Waals surface area contributed by atoms with Gasteiger partial charge in [-0.2, -0.15) is 4.39 Å². The maximum atomic E-state index is 14.9. The highest BCUT2D eigenvalue weighted by Gasteiger charge is 2.27. The molecule has 2 aromatic carbocycles. The fourth-order valence-electron chi connectivity index (χ4n) is 4.30. The van der Waals surface area contributed by atoms with Gasteiger partial charge in [-0.15, -0.1) is 0 Å². The van der Waals surface area contributed by atoms with Crippen molar-refractivity contribution in [3.63, 3.8) is 0 Å². The average Bonchev–Trinajstić information content (AvgIpc) is 2.78. The quantitative estimate of drug-likeness (QED) is 0.230. The number of hydrogen-bond donors (Lipinski definition) is 0. The summed E-state index contributed by atoms with van der Waals surface area (Å²) in [6, 6.07) is 5.38. The van der Waals surface area contributed by atoms with Crippen molar-refractivity contribution in [1.29, 1.82) is 0 Å². The summed E-state index contributed by atoms with van der Waals surface area (Å²) in [5.41, 5.74) is -0.260. The van der Waals surface area contributed by atoms with E-state index in [1.54, 1.807) is 0 Å². The van der Waals surface area contributed by atoms with Gasteiger partial charge in [-0.3, -0.25) is 0 Å². The highest BCUT2D eigenvalue weighted by Crippen LogP contribution is 2.40. The zero-order chi connectivity index (χ0) is 22.4. The Labute approximate surface area is 182 Å². The van der Waals surface area contributed by atoms with Crippen LogP contribution in [0.1, 0.15) is 70.3 Å². The molecule has 3 rings (SSSR count). The fraction of sp³-hybridized carbons (Fsp3) is 0.462. The lowest BCUT2D eigenvalue weighted by atomic mass is 9.77. The third-order valence-electron chi connectivity index (χ3n) is 6.20. The summed E-state index contributed by atoms with van der Waals surface area (Å²) in [7, 11) is 0. The molecule has 31 heavy (non-hydrogen) atoms. The first kappa shape index (κ1) is 23.4. The van der Waals surface area contributed by atoms with E-state index in [1.165, 1.54) is 24.3 Å². The Bertz CT molecular complexity index is 914. The van der Waals surface area contributed by atoms with Crippen LogP contribution in [-0.4, -0.2) is 6.61 Å². The Morgan fingerprint density at radius 2 is 1.52 bits per heavy atom. The monoisotopic (exact) mass is 434 g/mol. The molecule has 0 N–H and O–H groups in total. The zero-order valence-electron chi connectivity index (χ0n) is 18.2. The molecule has 0 saturated heterocycles. The Kier molecular flexibility index (Phi) is 8.16. The van der Waals surface area contributed by atoms with Gasteiger partial charge in [0.25, 0.3) is 0 Å². The van der Waals surface area contributed by atoms with Crippen LogP contribution in [0.5, 0.6) is 5.75 Å². The summed E-state index contributed by atoms with van der Waals surface area (Å²) in [5.74, 6) is -4.21. The molecule has 2 aromatic rings. The molecular formula is C26H30F4O. The molecule has 1 saturated carbocycles. The van der Waals surface area contributed by atoms with Crippen molar-refractivity contribution in [2.24, 2.45) is 5.92 Å². The second kappa shape index (κ2) is 10.8. The van der Waals surface area contributed by atoms with E-state index in [1.807, 2.05) is 19.9 Å². The number of unbranched alkanes of at least 4 members (excludes halogenated alkanes) is 1. The highest BCUT2D eigenvalue weighted by atomic mass is 19.2. The van der Waals surface area contributed by atoms with Gasteiger partial charge in [0, 0.05) is 11.1 Å². The lowest BCUT2D eigenvalue weighted by Gasteiger charge is -2.28. The Balaban J connectivity index is 1.80. The summed E-state index contributed by atoms with van der Waals surface area (Å²) in [6.45, 7) is 4.22. The van der Waals surface area contributed by atoms with E-state index in [2.05, 4.69) is 6.08 Å². The number of benzene rings is 2. The van der Waals surface area contributed by atoms with Crippen LogP contribution in [0.2, 0.25) is 0 Å². The van der Waals surface area contributed by atoms with Gasteiger partial charge in [-0.05, 0) is 75.0 Å². The number of halogens is 4. The molecule has 168 valence electrons. The molecule has 0 aromatic heterocycles. The van der Waals surface area contributed by atoms with Crippen LogP contribution >= 0.6 is 0 Å². The van der Waals surface area contributed by atoms with E-state index in [0.717, 1.165) is 38.5 Å². The van der Waals surface area contributed by atoms with Crippen LogP contribution in [0.4, 0.5) is 17.6 Å². The smallest absolute Gasteiger partial charge is 0.201 e. The molecule has 1 fully saturated rings. The van der Waals surface area contributed by atoms with Crippen LogP contribution in [0.25, 0.3) is 11.1 Å². The summed E-state index contributed by atoms with van der Waals surface area (Å²) in [6.07, 6.45) is 10.3. The van der Waals surface area contributed by atoms with E-state index in [0.29, 0.717) is 17.9 Å². The van der Waals surface area contributed by atoms with Gasteiger partial charge in [0.05, 0.1) is 6.61 Å². The first-order chi connectivity index (χ1) is 15.0. The van der Waals surface area contributed by atoms with Gasteiger partial charge in [0.15, 0.2) is 23.2 Å². The van der Waals surface area contributed by atoms with Crippen LogP contribution in [0.15, 0.2) is 36.4 Å². The van der Waals surface area contributed by atoms with Crippen LogP contribution < -0.4 is 4.74 Å². The van der Waals surface area contributed by atoms with Crippen LogP contribution in [-0.2, 0) is 0 Å². The van der Waals surface area contributed by atoms with Crippen LogP contribution in [0.3, 0.4) is 0 Å². The van der Waals surface area contributed by atoms with Crippen molar-refractivity contribution < 1.29 is 22.3 Å². The van der Waals surface area contributed by atoms with Crippen molar-refractivity contribution in [2.45, 2.75) is 64.7 Å². The largest absolute Gasteiger partial charge is 0.490 e. The summed E-state index contributed by atoms with van der Waals surface area (Å²) >= 11 is 0. The predicted molar refractivity (Wildman–Crippen MR) is 116 cm³/mol. The van der Waals surface area contributed by atoms with Gasteiger partial charge in [0.2, 0.25) is 5.82 Å². The predicted octanol–water partition coefficient (Wildman–Crippen LogP) is 8.33. The first-order valence-corrected chi connectivity index (χ1v) is 11.2. The summed E-state index contributed by atoms with van der Waals surface area (Å²) < 4.78 is 64.1. The molecule has 5 heteroatoms. The Morgan fingerprint density at radius 3 is 2.16 bits per heavy atom. The minimum Gasteiger partial charge on any atom is -0.490 e. The van der Waals surface area contributed by atoms with E-state index in [4.69, 9.17) is 4.74 Å². The van der Waals surface area contributed by atoms with Gasteiger partial charge < -0.3 is 4.74 Å². The van der Waals surface area contributed by atoms with Crippen molar-refractivity contribution in [2.75, 3.05) is 6.61 Å². The molecule has 0 radical (unpaired) electrons. The van der Waals surface area contributed by atoms with Gasteiger partial charge in [-0.25, -0.2) is 13.2 Å². The van der Waals surface area contributed by atoms with Gasteiger partial charge in [-0.1, -0.05) is 37.6 Å². The maximum Gasteiger partial charge on any atom is 0.201 e. The topological polar surface area (TPSA) is 9.23 Å². The molecule has 1 aliphatic carbocycles. The van der Waals surface area contributed by atoms with Crippen molar-refractivity contribution in [1.82, 2.24) is 0 Å². The van der Waals surface area contributed by atoms with E-state index in [9.17, 15) is 17.6 Å². The molecule has 0 bridgehead atoms. The Morgan fingerprint density at radius 1 is 0.871 bits per heavy atom. The summed E-state index contributed by atoms with van der Waals surface area (Å²) in [4.78, 5) is 0. The van der Waals surface area contributed by atoms with Crippen LogP contribution in [0, 0.1) is 29.2 Å². The van der Waals surface area contributed by atoms with Gasteiger partial charge >= 0.3 is 0 Å². The minimum absolute atomic E-state index is 0.0543. The van der Waals surface area contributed by atoms with Crippen molar-refractivity contribution in [3.8, 4) is 16.9 Å². The molecule has 0 spiro atoms. The lowest BCUT2D eigenvalue weighted by molar-refractivity contribution is 0.289. The molecular weight excluding hydrogens is 404 g/mol. The Hall–Kier alpha value is -2.30. The zero-order valence-corrected chi connectivity index (χ0v) is 18.2. The SMILES string of the molecule is C/C=C\CC1CCC(c2ccc(-c3ccc(OCCCC)c(F)c3F)c(F)c2F)CC1. The highest BCUT2D eigenvalue weighted by molar-refractivity contribution is 5.66. The fourth-order valence-corrected chi connectivity index (χ4v) is 4.30. The average molecular weight is 435 g/mol. The number of allylic oxidation sites excluding steroid dienone is 2. The molecule has 1 aliphatic rings.